The quantitative estimate of drug-likeness (QED) is 0.615. The van der Waals surface area contributed by atoms with Gasteiger partial charge >= 0.3 is 0 Å². The highest BCUT2D eigenvalue weighted by atomic mass is 16.5. The summed E-state index contributed by atoms with van der Waals surface area (Å²) in [5.74, 6) is -0.342. The first-order valence-corrected chi connectivity index (χ1v) is 9.35. The molecule has 2 aromatic rings. The molecule has 154 valence electrons. The van der Waals surface area contributed by atoms with Gasteiger partial charge in [-0.1, -0.05) is 0 Å². The summed E-state index contributed by atoms with van der Waals surface area (Å²) in [4.78, 5) is 36.4. The fourth-order valence-corrected chi connectivity index (χ4v) is 2.41. The van der Waals surface area contributed by atoms with Crippen molar-refractivity contribution in [3.05, 3.63) is 48.5 Å². The highest BCUT2D eigenvalue weighted by Crippen LogP contribution is 2.24. The minimum Gasteiger partial charge on any atom is -0.491 e. The summed E-state index contributed by atoms with van der Waals surface area (Å²) in [5, 5.41) is 8.14. The Morgan fingerprint density at radius 1 is 0.759 bits per heavy atom. The summed E-state index contributed by atoms with van der Waals surface area (Å²) in [5.41, 5.74) is 0.424. The van der Waals surface area contributed by atoms with Gasteiger partial charge in [0.05, 0.1) is 6.10 Å². The van der Waals surface area contributed by atoms with E-state index in [0.717, 1.165) is 0 Å². The molecule has 2 rings (SSSR count). The van der Waals surface area contributed by atoms with E-state index in [9.17, 15) is 14.4 Å². The molecule has 0 aliphatic carbocycles. The zero-order valence-electron chi connectivity index (χ0n) is 17.3. The number of hydrogen-bond donors (Lipinski definition) is 3. The summed E-state index contributed by atoms with van der Waals surface area (Å²) in [6.45, 7) is 8.40. The number of amides is 3. The second kappa shape index (κ2) is 9.23. The molecule has 0 fully saturated rings. The smallest absolute Gasteiger partial charge is 0.239 e. The van der Waals surface area contributed by atoms with Gasteiger partial charge in [0.1, 0.15) is 11.2 Å². The average Bonchev–Trinajstić information content (AvgIpc) is 2.64. The summed E-state index contributed by atoms with van der Waals surface area (Å²) in [7, 11) is 0. The van der Waals surface area contributed by atoms with Crippen LogP contribution in [0.25, 0.3) is 0 Å². The van der Waals surface area contributed by atoms with E-state index in [-0.39, 0.29) is 12.0 Å². The van der Waals surface area contributed by atoms with Gasteiger partial charge in [0.15, 0.2) is 0 Å². The van der Waals surface area contributed by atoms with Gasteiger partial charge in [-0.05, 0) is 76.2 Å². The topological polar surface area (TPSA) is 96.5 Å². The predicted octanol–water partition coefficient (Wildman–Crippen LogP) is 4.04. The van der Waals surface area contributed by atoms with Gasteiger partial charge in [-0.25, -0.2) is 0 Å². The Kier molecular flexibility index (Phi) is 6.98. The van der Waals surface area contributed by atoms with E-state index in [1.807, 2.05) is 13.8 Å². The molecule has 7 heteroatoms. The van der Waals surface area contributed by atoms with Crippen LogP contribution in [0.1, 0.15) is 34.6 Å². The third-order valence-corrected chi connectivity index (χ3v) is 4.08. The van der Waals surface area contributed by atoms with Gasteiger partial charge in [-0.15, -0.1) is 0 Å². The minimum atomic E-state index is -1.30. The monoisotopic (exact) mass is 397 g/mol. The molecule has 0 atom stereocenters. The van der Waals surface area contributed by atoms with Crippen LogP contribution in [0, 0.1) is 5.41 Å². The van der Waals surface area contributed by atoms with Crippen molar-refractivity contribution in [1.29, 1.82) is 0 Å². The van der Waals surface area contributed by atoms with Crippen molar-refractivity contribution in [2.75, 3.05) is 16.0 Å². The van der Waals surface area contributed by atoms with Crippen molar-refractivity contribution < 1.29 is 19.1 Å². The standard InChI is InChI=1S/C22H27N3O4/c1-14(2)29-19-12-10-18(11-13-19)25-21(28)22(4,5)20(27)24-17-8-6-16(7-9-17)23-15(3)26/h6-14H,1-5H3,(H,23,26)(H,24,27)(H,25,28). The van der Waals surface area contributed by atoms with Gasteiger partial charge < -0.3 is 20.7 Å². The Labute approximate surface area is 170 Å². The summed E-state index contributed by atoms with van der Waals surface area (Å²) >= 11 is 0. The molecule has 0 aliphatic rings. The Bertz CT molecular complexity index is 872. The van der Waals surface area contributed by atoms with Gasteiger partial charge in [-0.3, -0.25) is 14.4 Å². The maximum atomic E-state index is 12.7. The Morgan fingerprint density at radius 3 is 1.52 bits per heavy atom. The van der Waals surface area contributed by atoms with Crippen molar-refractivity contribution in [3.8, 4) is 5.75 Å². The van der Waals surface area contributed by atoms with E-state index in [1.54, 1.807) is 62.4 Å². The van der Waals surface area contributed by atoms with Crippen LogP contribution in [0.3, 0.4) is 0 Å². The number of carbonyl (C=O) groups is 3. The molecule has 7 nitrogen and oxygen atoms in total. The third-order valence-electron chi connectivity index (χ3n) is 4.08. The van der Waals surface area contributed by atoms with Gasteiger partial charge in [-0.2, -0.15) is 0 Å². The molecule has 0 aliphatic heterocycles. The average molecular weight is 397 g/mol. The highest BCUT2D eigenvalue weighted by Gasteiger charge is 2.36. The van der Waals surface area contributed by atoms with E-state index in [4.69, 9.17) is 4.74 Å². The lowest BCUT2D eigenvalue weighted by molar-refractivity contribution is -0.135. The molecule has 0 saturated heterocycles. The van der Waals surface area contributed by atoms with Crippen molar-refractivity contribution in [1.82, 2.24) is 0 Å². The zero-order valence-corrected chi connectivity index (χ0v) is 17.3. The van der Waals surface area contributed by atoms with Crippen molar-refractivity contribution >= 4 is 34.8 Å². The minimum absolute atomic E-state index is 0.0605. The lowest BCUT2D eigenvalue weighted by Crippen LogP contribution is -2.41. The second-order valence-electron chi connectivity index (χ2n) is 7.48. The molecule has 0 spiro atoms. The first kappa shape index (κ1) is 21.9. The summed E-state index contributed by atoms with van der Waals surface area (Å²) in [6.07, 6.45) is 0.0605. The van der Waals surface area contributed by atoms with Crippen LogP contribution >= 0.6 is 0 Å². The van der Waals surface area contributed by atoms with Crippen LogP contribution < -0.4 is 20.7 Å². The second-order valence-corrected chi connectivity index (χ2v) is 7.48. The van der Waals surface area contributed by atoms with E-state index in [0.29, 0.717) is 22.8 Å². The largest absolute Gasteiger partial charge is 0.491 e. The van der Waals surface area contributed by atoms with Crippen LogP contribution in [-0.2, 0) is 14.4 Å². The van der Waals surface area contributed by atoms with Crippen molar-refractivity contribution in [2.45, 2.75) is 40.7 Å². The van der Waals surface area contributed by atoms with Crippen LogP contribution in [0.2, 0.25) is 0 Å². The van der Waals surface area contributed by atoms with Gasteiger partial charge in [0.2, 0.25) is 17.7 Å². The molecule has 0 aromatic heterocycles. The lowest BCUT2D eigenvalue weighted by atomic mass is 9.90. The molecule has 29 heavy (non-hydrogen) atoms. The normalized spacial score (nSPS) is 11.0. The maximum Gasteiger partial charge on any atom is 0.239 e. The fourth-order valence-electron chi connectivity index (χ4n) is 2.41. The molecule has 3 N–H and O–H groups in total. The summed E-state index contributed by atoms with van der Waals surface area (Å²) < 4.78 is 5.58. The predicted molar refractivity (Wildman–Crippen MR) is 114 cm³/mol. The van der Waals surface area contributed by atoms with Crippen LogP contribution in [0.4, 0.5) is 17.1 Å². The number of carbonyl (C=O) groups excluding carboxylic acids is 3. The van der Waals surface area contributed by atoms with E-state index in [1.165, 1.54) is 6.92 Å². The van der Waals surface area contributed by atoms with E-state index < -0.39 is 17.2 Å². The fraction of sp³-hybridized carbons (Fsp3) is 0.318. The third kappa shape index (κ3) is 6.34. The molecule has 0 radical (unpaired) electrons. The molecule has 0 heterocycles. The number of benzene rings is 2. The first-order chi connectivity index (χ1) is 13.6. The van der Waals surface area contributed by atoms with Crippen LogP contribution in [-0.4, -0.2) is 23.8 Å². The number of nitrogens with one attached hydrogen (secondary N) is 3. The lowest BCUT2D eigenvalue weighted by Gasteiger charge is -2.23. The van der Waals surface area contributed by atoms with Crippen LogP contribution in [0.15, 0.2) is 48.5 Å². The van der Waals surface area contributed by atoms with Crippen LogP contribution in [0.5, 0.6) is 5.75 Å². The van der Waals surface area contributed by atoms with Gasteiger partial charge in [0.25, 0.3) is 0 Å². The Hall–Kier alpha value is -3.35. The Morgan fingerprint density at radius 2 is 1.14 bits per heavy atom. The van der Waals surface area contributed by atoms with E-state index in [2.05, 4.69) is 16.0 Å². The molecule has 0 bridgehead atoms. The molecular formula is C22H27N3O4. The number of hydrogen-bond acceptors (Lipinski definition) is 4. The molecule has 0 unspecified atom stereocenters. The zero-order chi connectivity index (χ0) is 21.6. The summed E-state index contributed by atoms with van der Waals surface area (Å²) in [6, 6.07) is 13.6. The SMILES string of the molecule is CC(=O)Nc1ccc(NC(=O)C(C)(C)C(=O)Nc2ccc(OC(C)C)cc2)cc1. The molecule has 2 aromatic carbocycles. The van der Waals surface area contributed by atoms with Gasteiger partial charge in [0, 0.05) is 24.0 Å². The molecular weight excluding hydrogens is 370 g/mol. The highest BCUT2D eigenvalue weighted by molar-refractivity contribution is 6.14. The molecule has 0 saturated carbocycles. The number of anilines is 3. The molecule has 3 amide bonds. The van der Waals surface area contributed by atoms with Crippen molar-refractivity contribution in [3.63, 3.8) is 0 Å². The number of rotatable bonds is 7. The van der Waals surface area contributed by atoms with Crippen molar-refractivity contribution in [2.24, 2.45) is 5.41 Å². The first-order valence-electron chi connectivity index (χ1n) is 9.35. The number of ether oxygens (including phenoxy) is 1. The maximum absolute atomic E-state index is 12.7. The Balaban J connectivity index is 1.99. The van der Waals surface area contributed by atoms with E-state index >= 15 is 0 Å².